The molecular weight excluding hydrogens is 751 g/mol. The number of benzene rings is 8. The molecule has 4 N–H and O–H groups in total. The maximum absolute atomic E-state index is 6.70. The van der Waals surface area contributed by atoms with Crippen molar-refractivity contribution in [3.8, 4) is 22.3 Å². The van der Waals surface area contributed by atoms with E-state index >= 15 is 0 Å². The van der Waals surface area contributed by atoms with Gasteiger partial charge in [0, 0.05) is 78.2 Å². The molecule has 6 heteroatoms. The molecular formula is C51H37N3S3. The smallest absolute Gasteiger partial charge is 0.0852 e. The van der Waals surface area contributed by atoms with E-state index in [-0.39, 0.29) is 12.3 Å². The number of hydrogen-bond donors (Lipinski definition) is 3. The monoisotopic (exact) mass is 787 g/mol. The molecule has 11 rings (SSSR count). The highest BCUT2D eigenvalue weighted by Gasteiger charge is 2.20. The Morgan fingerprint density at radius 3 is 1.65 bits per heavy atom. The van der Waals surface area contributed by atoms with Gasteiger partial charge < -0.3 is 5.73 Å². The summed E-state index contributed by atoms with van der Waals surface area (Å²) in [4.78, 5) is 0. The lowest BCUT2D eigenvalue weighted by atomic mass is 9.98. The van der Waals surface area contributed by atoms with Crippen LogP contribution in [0.4, 0.5) is 0 Å². The number of thiophene rings is 3. The van der Waals surface area contributed by atoms with Crippen LogP contribution in [0.15, 0.2) is 176 Å². The third kappa shape index (κ3) is 6.05. The van der Waals surface area contributed by atoms with E-state index in [1.807, 2.05) is 52.2 Å². The molecule has 0 radical (unpaired) electrons. The number of hydrogen-bond acceptors (Lipinski definition) is 6. The van der Waals surface area contributed by atoms with Crippen molar-refractivity contribution in [3.05, 3.63) is 193 Å². The molecule has 0 aliphatic rings. The summed E-state index contributed by atoms with van der Waals surface area (Å²) < 4.78 is 7.98. The van der Waals surface area contributed by atoms with Gasteiger partial charge in [-0.2, -0.15) is 0 Å². The van der Waals surface area contributed by atoms with E-state index in [0.717, 1.165) is 11.1 Å². The standard InChI is InChI=1S/C51H37N3S3/c52-50(31-13-3-1-4-14-31)54-51(32-15-5-2-6-16-32)53-30-34-17-9-20-37-38-22-11-24-41(48(38)56-46(34)37)42-25-12-23-40-39-21-10-19-35(47(39)57-49(40)42)33-27-28-45-43(29-33)36-18-7-8-26-44(36)55-45/h1-29,50-51,53-54H,30,52H2. The average molecular weight is 788 g/mol. The highest BCUT2D eigenvalue weighted by Crippen LogP contribution is 2.48. The van der Waals surface area contributed by atoms with Gasteiger partial charge in [0.1, 0.15) is 0 Å². The molecule has 0 saturated heterocycles. The Kier molecular flexibility index (Phi) is 8.70. The Labute approximate surface area is 342 Å². The van der Waals surface area contributed by atoms with Gasteiger partial charge in [-0.1, -0.05) is 158 Å². The second kappa shape index (κ2) is 14.4. The molecule has 11 aromatic rings. The van der Waals surface area contributed by atoms with Crippen LogP contribution in [0.25, 0.3) is 82.8 Å². The van der Waals surface area contributed by atoms with Crippen molar-refractivity contribution in [2.24, 2.45) is 5.73 Å². The van der Waals surface area contributed by atoms with Crippen LogP contribution in [0.3, 0.4) is 0 Å². The summed E-state index contributed by atoms with van der Waals surface area (Å²) in [5.41, 5.74) is 15.3. The first kappa shape index (κ1) is 34.5. The highest BCUT2D eigenvalue weighted by atomic mass is 32.1. The molecule has 0 spiro atoms. The normalized spacial score (nSPS) is 13.1. The van der Waals surface area contributed by atoms with Crippen LogP contribution in [0.2, 0.25) is 0 Å². The Bertz CT molecular complexity index is 3250. The Morgan fingerprint density at radius 1 is 0.421 bits per heavy atom. The van der Waals surface area contributed by atoms with Gasteiger partial charge in [0.2, 0.25) is 0 Å². The predicted octanol–water partition coefficient (Wildman–Crippen LogP) is 14.2. The van der Waals surface area contributed by atoms with Crippen LogP contribution in [0, 0.1) is 0 Å². The zero-order valence-corrected chi connectivity index (χ0v) is 33.4. The second-order valence-corrected chi connectivity index (χ2v) is 17.8. The number of fused-ring (bicyclic) bond motifs is 9. The van der Waals surface area contributed by atoms with Gasteiger partial charge in [-0.3, -0.25) is 10.6 Å². The summed E-state index contributed by atoms with van der Waals surface area (Å²) in [5.74, 6) is 0. The van der Waals surface area contributed by atoms with Crippen molar-refractivity contribution in [1.29, 1.82) is 0 Å². The van der Waals surface area contributed by atoms with E-state index in [9.17, 15) is 0 Å². The van der Waals surface area contributed by atoms with E-state index in [1.54, 1.807) is 0 Å². The lowest BCUT2D eigenvalue weighted by molar-refractivity contribution is 0.386. The molecule has 0 amide bonds. The van der Waals surface area contributed by atoms with Crippen molar-refractivity contribution < 1.29 is 0 Å². The Morgan fingerprint density at radius 2 is 0.947 bits per heavy atom. The van der Waals surface area contributed by atoms with Gasteiger partial charge in [0.25, 0.3) is 0 Å². The fourth-order valence-corrected chi connectivity index (χ4v) is 12.2. The molecule has 3 nitrogen and oxygen atoms in total. The SMILES string of the molecule is NC(NC(NCc1cccc2c1sc1c(-c3cccc4c3sc3c(-c5ccc6sc7ccccc7c6c5)cccc34)cccc12)c1ccccc1)c1ccccc1. The van der Waals surface area contributed by atoms with Gasteiger partial charge in [-0.15, -0.1) is 34.0 Å². The molecule has 2 atom stereocenters. The molecule has 3 heterocycles. The van der Waals surface area contributed by atoms with Gasteiger partial charge in [0.05, 0.1) is 12.3 Å². The van der Waals surface area contributed by atoms with E-state index in [2.05, 4.69) is 168 Å². The van der Waals surface area contributed by atoms with E-state index in [0.29, 0.717) is 6.54 Å². The Hall–Kier alpha value is -5.70. The fraction of sp³-hybridized carbons (Fsp3) is 0.0588. The maximum Gasteiger partial charge on any atom is 0.0852 e. The van der Waals surface area contributed by atoms with Crippen molar-refractivity contribution in [1.82, 2.24) is 10.6 Å². The van der Waals surface area contributed by atoms with Gasteiger partial charge in [-0.05, 0) is 46.0 Å². The molecule has 274 valence electrons. The summed E-state index contributed by atoms with van der Waals surface area (Å²) in [6.07, 6.45) is -0.451. The van der Waals surface area contributed by atoms with Crippen LogP contribution in [0.5, 0.6) is 0 Å². The number of nitrogens with one attached hydrogen (secondary N) is 2. The molecule has 0 saturated carbocycles. The van der Waals surface area contributed by atoms with Gasteiger partial charge >= 0.3 is 0 Å². The topological polar surface area (TPSA) is 50.1 Å². The maximum atomic E-state index is 6.70. The summed E-state index contributed by atoms with van der Waals surface area (Å²) >= 11 is 5.71. The largest absolute Gasteiger partial charge is 0.312 e. The van der Waals surface area contributed by atoms with Crippen molar-refractivity contribution >= 4 is 94.5 Å². The van der Waals surface area contributed by atoms with Crippen molar-refractivity contribution in [2.75, 3.05) is 0 Å². The minimum absolute atomic E-state index is 0.136. The third-order valence-electron chi connectivity index (χ3n) is 11.2. The third-order valence-corrected chi connectivity index (χ3v) is 15.0. The van der Waals surface area contributed by atoms with Crippen molar-refractivity contribution in [2.45, 2.75) is 18.9 Å². The fourth-order valence-electron chi connectivity index (χ4n) is 8.45. The van der Waals surface area contributed by atoms with Crippen molar-refractivity contribution in [3.63, 3.8) is 0 Å². The summed E-state index contributed by atoms with van der Waals surface area (Å²) in [5, 5.41) is 15.4. The van der Waals surface area contributed by atoms with Crippen LogP contribution < -0.4 is 16.4 Å². The zero-order chi connectivity index (χ0) is 37.9. The van der Waals surface area contributed by atoms with Gasteiger partial charge in [0.15, 0.2) is 0 Å². The van der Waals surface area contributed by atoms with Crippen LogP contribution >= 0.6 is 34.0 Å². The number of rotatable bonds is 9. The minimum atomic E-state index is -0.315. The van der Waals surface area contributed by atoms with Crippen LogP contribution in [-0.4, -0.2) is 0 Å². The zero-order valence-electron chi connectivity index (χ0n) is 30.9. The first-order valence-electron chi connectivity index (χ1n) is 19.3. The lowest BCUT2D eigenvalue weighted by Crippen LogP contribution is -2.39. The average Bonchev–Trinajstić information content (AvgIpc) is 3.97. The molecule has 2 unspecified atom stereocenters. The molecule has 3 aromatic heterocycles. The first-order chi connectivity index (χ1) is 28.2. The van der Waals surface area contributed by atoms with Crippen LogP contribution in [0.1, 0.15) is 29.0 Å². The highest BCUT2D eigenvalue weighted by molar-refractivity contribution is 7.28. The Balaban J connectivity index is 0.983. The van der Waals surface area contributed by atoms with E-state index in [1.165, 1.54) is 88.3 Å². The summed E-state index contributed by atoms with van der Waals surface area (Å²) in [6.45, 7) is 0.690. The van der Waals surface area contributed by atoms with E-state index in [4.69, 9.17) is 5.73 Å². The summed E-state index contributed by atoms with van der Waals surface area (Å²) in [6, 6.07) is 63.7. The van der Waals surface area contributed by atoms with Crippen LogP contribution in [-0.2, 0) is 6.54 Å². The van der Waals surface area contributed by atoms with E-state index < -0.39 is 0 Å². The molecule has 57 heavy (non-hydrogen) atoms. The predicted molar refractivity (Wildman–Crippen MR) is 249 cm³/mol. The lowest BCUT2D eigenvalue weighted by Gasteiger charge is -2.25. The molecule has 8 aromatic carbocycles. The molecule has 0 bridgehead atoms. The molecule has 0 fully saturated rings. The first-order valence-corrected chi connectivity index (χ1v) is 21.8. The second-order valence-electron chi connectivity index (χ2n) is 14.6. The summed E-state index contributed by atoms with van der Waals surface area (Å²) in [7, 11) is 0. The molecule has 0 aliphatic carbocycles. The number of nitrogens with two attached hydrogens (primary N) is 1. The van der Waals surface area contributed by atoms with Gasteiger partial charge in [-0.25, -0.2) is 0 Å². The molecule has 0 aliphatic heterocycles. The minimum Gasteiger partial charge on any atom is -0.312 e. The quantitative estimate of drug-likeness (QED) is 0.128.